The molecule has 0 atom stereocenters. The van der Waals surface area contributed by atoms with E-state index in [4.69, 9.17) is 5.73 Å². The monoisotopic (exact) mass is 352 g/mol. The van der Waals surface area contributed by atoms with E-state index >= 15 is 0 Å². The average molecular weight is 353 g/mol. The van der Waals surface area contributed by atoms with Crippen LogP contribution >= 0.6 is 0 Å². The smallest absolute Gasteiger partial charge is 0.317 e. The molecule has 0 aromatic rings. The van der Waals surface area contributed by atoms with E-state index in [1.165, 1.54) is 19.3 Å². The van der Waals surface area contributed by atoms with E-state index < -0.39 is 5.41 Å². The topological polar surface area (TPSA) is 87.5 Å². The highest BCUT2D eigenvalue weighted by Gasteiger charge is 2.35. The maximum absolute atomic E-state index is 12.6. The number of carbonyl (C=O) groups is 2. The van der Waals surface area contributed by atoms with Gasteiger partial charge in [0.15, 0.2) is 0 Å². The summed E-state index contributed by atoms with van der Waals surface area (Å²) in [7, 11) is 0. The molecular weight excluding hydrogens is 316 g/mol. The standard InChI is InChI=1S/C19H36N4O2/c1-3-19(4-2,14-20)17(24)21-16-10-12-23(13-11-16)18(25)22-15-8-6-5-7-9-15/h15-16H,3-14,20H2,1-2H3,(H,21,24)(H,22,25). The van der Waals surface area contributed by atoms with Gasteiger partial charge in [-0.05, 0) is 38.5 Å². The first-order chi connectivity index (χ1) is 12.0. The Balaban J connectivity index is 1.77. The lowest BCUT2D eigenvalue weighted by molar-refractivity contribution is -0.132. The van der Waals surface area contributed by atoms with Crippen molar-refractivity contribution in [1.82, 2.24) is 15.5 Å². The fourth-order valence-corrected chi connectivity index (χ4v) is 4.03. The normalized spacial score (nSPS) is 20.4. The molecule has 1 aliphatic heterocycles. The maximum atomic E-state index is 12.6. The minimum absolute atomic E-state index is 0.0649. The summed E-state index contributed by atoms with van der Waals surface area (Å²) >= 11 is 0. The Hall–Kier alpha value is -1.30. The largest absolute Gasteiger partial charge is 0.353 e. The quantitative estimate of drug-likeness (QED) is 0.686. The highest BCUT2D eigenvalue weighted by Crippen LogP contribution is 2.26. The molecule has 25 heavy (non-hydrogen) atoms. The Morgan fingerprint density at radius 1 is 0.960 bits per heavy atom. The molecular formula is C19H36N4O2. The number of nitrogens with one attached hydrogen (secondary N) is 2. The molecule has 2 aliphatic rings. The van der Waals surface area contributed by atoms with Crippen molar-refractivity contribution in [3.8, 4) is 0 Å². The summed E-state index contributed by atoms with van der Waals surface area (Å²) < 4.78 is 0. The van der Waals surface area contributed by atoms with Crippen LogP contribution < -0.4 is 16.4 Å². The van der Waals surface area contributed by atoms with E-state index in [0.29, 0.717) is 25.7 Å². The van der Waals surface area contributed by atoms with E-state index in [1.54, 1.807) is 0 Å². The second-order valence-electron chi connectivity index (χ2n) is 7.71. The highest BCUT2D eigenvalue weighted by atomic mass is 16.2. The summed E-state index contributed by atoms with van der Waals surface area (Å²) in [6.07, 6.45) is 9.09. The number of amides is 3. The molecule has 1 heterocycles. The summed E-state index contributed by atoms with van der Waals surface area (Å²) in [4.78, 5) is 26.9. The molecule has 0 aromatic carbocycles. The first kappa shape index (κ1) is 20.0. The Labute approximate surface area is 152 Å². The van der Waals surface area contributed by atoms with Gasteiger partial charge in [-0.3, -0.25) is 4.79 Å². The van der Waals surface area contributed by atoms with Crippen molar-refractivity contribution in [3.05, 3.63) is 0 Å². The number of nitrogens with zero attached hydrogens (tertiary/aromatic N) is 1. The van der Waals surface area contributed by atoms with Crippen LogP contribution in [0.4, 0.5) is 4.79 Å². The molecule has 1 aliphatic carbocycles. The second-order valence-corrected chi connectivity index (χ2v) is 7.71. The minimum atomic E-state index is -0.449. The molecule has 0 bridgehead atoms. The SMILES string of the molecule is CCC(CC)(CN)C(=O)NC1CCN(C(=O)NC2CCCCC2)CC1. The van der Waals surface area contributed by atoms with Crippen LogP contribution in [0.25, 0.3) is 0 Å². The second kappa shape index (κ2) is 9.41. The molecule has 0 spiro atoms. The number of rotatable bonds is 6. The lowest BCUT2D eigenvalue weighted by Crippen LogP contribution is -2.54. The summed E-state index contributed by atoms with van der Waals surface area (Å²) in [6.45, 7) is 5.84. The third kappa shape index (κ3) is 5.09. The number of hydrogen-bond donors (Lipinski definition) is 3. The molecule has 1 saturated carbocycles. The first-order valence-electron chi connectivity index (χ1n) is 10.1. The van der Waals surface area contributed by atoms with Gasteiger partial charge in [-0.1, -0.05) is 33.1 Å². The number of nitrogens with two attached hydrogens (primary N) is 1. The molecule has 0 aromatic heterocycles. The third-order valence-corrected chi connectivity index (χ3v) is 6.28. The molecule has 6 heteroatoms. The van der Waals surface area contributed by atoms with Gasteiger partial charge < -0.3 is 21.3 Å². The molecule has 4 N–H and O–H groups in total. The van der Waals surface area contributed by atoms with E-state index in [9.17, 15) is 9.59 Å². The van der Waals surface area contributed by atoms with Crippen molar-refractivity contribution in [1.29, 1.82) is 0 Å². The highest BCUT2D eigenvalue weighted by molar-refractivity contribution is 5.83. The predicted octanol–water partition coefficient (Wildman–Crippen LogP) is 2.37. The van der Waals surface area contributed by atoms with Crippen molar-refractivity contribution < 1.29 is 9.59 Å². The van der Waals surface area contributed by atoms with Gasteiger partial charge in [0.25, 0.3) is 0 Å². The molecule has 2 fully saturated rings. The van der Waals surface area contributed by atoms with Gasteiger partial charge in [-0.2, -0.15) is 0 Å². The Bertz CT molecular complexity index is 428. The molecule has 0 radical (unpaired) electrons. The van der Waals surface area contributed by atoms with Crippen molar-refractivity contribution >= 4 is 11.9 Å². The van der Waals surface area contributed by atoms with Crippen LogP contribution in [0.3, 0.4) is 0 Å². The summed E-state index contributed by atoms with van der Waals surface area (Å²) in [5, 5.41) is 6.36. The zero-order valence-electron chi connectivity index (χ0n) is 16.0. The van der Waals surface area contributed by atoms with E-state index in [-0.39, 0.29) is 18.0 Å². The van der Waals surface area contributed by atoms with Crippen molar-refractivity contribution in [2.24, 2.45) is 11.1 Å². The fourth-order valence-electron chi connectivity index (χ4n) is 4.03. The van der Waals surface area contributed by atoms with Gasteiger partial charge in [0.2, 0.25) is 5.91 Å². The zero-order valence-corrected chi connectivity index (χ0v) is 16.0. The van der Waals surface area contributed by atoms with Crippen molar-refractivity contribution in [2.45, 2.75) is 83.7 Å². The van der Waals surface area contributed by atoms with Gasteiger partial charge in [0.05, 0.1) is 5.41 Å². The lowest BCUT2D eigenvalue weighted by Gasteiger charge is -2.36. The number of hydrogen-bond acceptors (Lipinski definition) is 3. The van der Waals surface area contributed by atoms with Crippen LogP contribution in [0.5, 0.6) is 0 Å². The van der Waals surface area contributed by atoms with Crippen LogP contribution in [0.1, 0.15) is 71.6 Å². The van der Waals surface area contributed by atoms with Crippen LogP contribution in [0.15, 0.2) is 0 Å². The maximum Gasteiger partial charge on any atom is 0.317 e. The predicted molar refractivity (Wildman–Crippen MR) is 100 cm³/mol. The average Bonchev–Trinajstić information content (AvgIpc) is 2.65. The van der Waals surface area contributed by atoms with Crippen LogP contribution in [0.2, 0.25) is 0 Å². The van der Waals surface area contributed by atoms with Gasteiger partial charge in [0, 0.05) is 31.7 Å². The molecule has 3 amide bonds. The molecule has 144 valence electrons. The van der Waals surface area contributed by atoms with Gasteiger partial charge in [0.1, 0.15) is 0 Å². The summed E-state index contributed by atoms with van der Waals surface area (Å²) in [5.74, 6) is 0.0742. The van der Waals surface area contributed by atoms with E-state index in [2.05, 4.69) is 10.6 Å². The summed E-state index contributed by atoms with van der Waals surface area (Å²) in [5.41, 5.74) is 5.41. The van der Waals surface area contributed by atoms with Crippen molar-refractivity contribution in [3.63, 3.8) is 0 Å². The third-order valence-electron chi connectivity index (χ3n) is 6.28. The van der Waals surface area contributed by atoms with Crippen LogP contribution in [-0.4, -0.2) is 48.6 Å². The van der Waals surface area contributed by atoms with Crippen LogP contribution in [0, 0.1) is 5.41 Å². The Kier molecular flexibility index (Phi) is 7.54. The molecule has 2 rings (SSSR count). The Morgan fingerprint density at radius 2 is 1.52 bits per heavy atom. The Morgan fingerprint density at radius 3 is 2.04 bits per heavy atom. The number of urea groups is 1. The molecule has 1 saturated heterocycles. The van der Waals surface area contributed by atoms with Gasteiger partial charge in [-0.25, -0.2) is 4.79 Å². The zero-order chi connectivity index (χ0) is 18.3. The number of likely N-dealkylation sites (tertiary alicyclic amines) is 1. The van der Waals surface area contributed by atoms with Gasteiger partial charge >= 0.3 is 6.03 Å². The lowest BCUT2D eigenvalue weighted by atomic mass is 9.81. The van der Waals surface area contributed by atoms with Crippen LogP contribution in [-0.2, 0) is 4.79 Å². The summed E-state index contributed by atoms with van der Waals surface area (Å²) in [6, 6.07) is 0.559. The minimum Gasteiger partial charge on any atom is -0.353 e. The van der Waals surface area contributed by atoms with E-state index in [0.717, 1.165) is 38.5 Å². The first-order valence-corrected chi connectivity index (χ1v) is 10.1. The number of carbonyl (C=O) groups excluding carboxylic acids is 2. The van der Waals surface area contributed by atoms with E-state index in [1.807, 2.05) is 18.7 Å². The molecule has 6 nitrogen and oxygen atoms in total. The van der Waals surface area contributed by atoms with Gasteiger partial charge in [-0.15, -0.1) is 0 Å². The number of piperidine rings is 1. The molecule has 0 unspecified atom stereocenters. The van der Waals surface area contributed by atoms with Crippen molar-refractivity contribution in [2.75, 3.05) is 19.6 Å². The fraction of sp³-hybridized carbons (Fsp3) is 0.895.